The molecule has 0 aliphatic carbocycles. The molecule has 0 saturated heterocycles. The Hall–Kier alpha value is -1.47. The first-order valence-electron chi connectivity index (χ1n) is 6.16. The second kappa shape index (κ2) is 6.32. The number of aromatic nitrogens is 1. The third-order valence-electron chi connectivity index (χ3n) is 2.85. The summed E-state index contributed by atoms with van der Waals surface area (Å²) >= 11 is 5.00. The number of thiazole rings is 1. The van der Waals surface area contributed by atoms with E-state index in [0.717, 1.165) is 22.8 Å². The van der Waals surface area contributed by atoms with Gasteiger partial charge >= 0.3 is 0 Å². The number of benzene rings is 1. The van der Waals surface area contributed by atoms with E-state index in [-0.39, 0.29) is 11.7 Å². The highest BCUT2D eigenvalue weighted by Gasteiger charge is 2.13. The molecule has 2 aromatic rings. The van der Waals surface area contributed by atoms with Crippen molar-refractivity contribution in [1.29, 1.82) is 0 Å². The van der Waals surface area contributed by atoms with Gasteiger partial charge in [0.25, 0.3) is 5.69 Å². The lowest BCUT2D eigenvalue weighted by Gasteiger charge is -2.14. The van der Waals surface area contributed by atoms with Crippen LogP contribution in [0.3, 0.4) is 0 Å². The van der Waals surface area contributed by atoms with E-state index in [0.29, 0.717) is 4.47 Å². The molecule has 7 heteroatoms. The summed E-state index contributed by atoms with van der Waals surface area (Å²) in [5.41, 5.74) is 1.86. The van der Waals surface area contributed by atoms with Crippen LogP contribution in [-0.2, 0) is 6.42 Å². The van der Waals surface area contributed by atoms with Crippen LogP contribution in [0.5, 0.6) is 0 Å². The molecule has 5 nitrogen and oxygen atoms in total. The Labute approximate surface area is 129 Å². The average Bonchev–Trinajstić information content (AvgIpc) is 2.89. The standard InChI is InChI=1S/C13H14BrN3O2S/c1-3-13-16-12(7-20-13)8(2)15-11-5-4-9(17(18)19)6-10(11)14/h4-8,15H,3H2,1-2H3. The number of halogens is 1. The highest BCUT2D eigenvalue weighted by molar-refractivity contribution is 9.10. The van der Waals surface area contributed by atoms with E-state index in [1.807, 2.05) is 12.3 Å². The zero-order valence-corrected chi connectivity index (χ0v) is 13.5. The number of rotatable bonds is 5. The molecule has 2 rings (SSSR count). The second-order valence-corrected chi connectivity index (χ2v) is 6.10. The van der Waals surface area contributed by atoms with Gasteiger partial charge in [0.1, 0.15) is 0 Å². The molecular formula is C13H14BrN3O2S. The molecule has 106 valence electrons. The topological polar surface area (TPSA) is 68.1 Å². The molecule has 1 aromatic heterocycles. The summed E-state index contributed by atoms with van der Waals surface area (Å²) in [5.74, 6) is 0. The summed E-state index contributed by atoms with van der Waals surface area (Å²) in [5, 5.41) is 17.1. The zero-order valence-electron chi connectivity index (χ0n) is 11.1. The van der Waals surface area contributed by atoms with Gasteiger partial charge in [-0.05, 0) is 35.3 Å². The van der Waals surface area contributed by atoms with Crippen molar-refractivity contribution >= 4 is 38.6 Å². The van der Waals surface area contributed by atoms with E-state index >= 15 is 0 Å². The Morgan fingerprint density at radius 1 is 1.55 bits per heavy atom. The Morgan fingerprint density at radius 2 is 2.30 bits per heavy atom. The van der Waals surface area contributed by atoms with Gasteiger partial charge in [-0.2, -0.15) is 0 Å². The first-order chi connectivity index (χ1) is 9.51. The van der Waals surface area contributed by atoms with Crippen molar-refractivity contribution < 1.29 is 4.92 Å². The number of nitro groups is 1. The number of hydrogen-bond acceptors (Lipinski definition) is 5. The maximum Gasteiger partial charge on any atom is 0.270 e. The SMILES string of the molecule is CCc1nc(C(C)Nc2ccc([N+](=O)[O-])cc2Br)cs1. The number of non-ortho nitro benzene ring substituents is 1. The minimum atomic E-state index is -0.411. The first-order valence-corrected chi connectivity index (χ1v) is 7.83. The van der Waals surface area contributed by atoms with Crippen molar-refractivity contribution in [1.82, 2.24) is 4.98 Å². The fourth-order valence-corrected chi connectivity index (χ4v) is 3.05. The molecule has 0 saturated carbocycles. The van der Waals surface area contributed by atoms with Crippen molar-refractivity contribution in [2.24, 2.45) is 0 Å². The van der Waals surface area contributed by atoms with Gasteiger partial charge in [0.2, 0.25) is 0 Å². The van der Waals surface area contributed by atoms with Gasteiger partial charge in [0.05, 0.1) is 21.7 Å². The van der Waals surface area contributed by atoms with E-state index < -0.39 is 4.92 Å². The predicted molar refractivity (Wildman–Crippen MR) is 84.3 cm³/mol. The summed E-state index contributed by atoms with van der Waals surface area (Å²) in [6.45, 7) is 4.09. The fraction of sp³-hybridized carbons (Fsp3) is 0.308. The molecule has 1 unspecified atom stereocenters. The molecule has 0 fully saturated rings. The summed E-state index contributed by atoms with van der Waals surface area (Å²) in [6.07, 6.45) is 0.929. The average molecular weight is 356 g/mol. The molecule has 0 spiro atoms. The van der Waals surface area contributed by atoms with Gasteiger partial charge in [0.15, 0.2) is 0 Å². The summed E-state index contributed by atoms with van der Waals surface area (Å²) in [4.78, 5) is 14.8. The van der Waals surface area contributed by atoms with Crippen LogP contribution in [0, 0.1) is 10.1 Å². The lowest BCUT2D eigenvalue weighted by molar-refractivity contribution is -0.384. The maximum absolute atomic E-state index is 10.7. The van der Waals surface area contributed by atoms with E-state index in [1.54, 1.807) is 17.4 Å². The third-order valence-corrected chi connectivity index (χ3v) is 4.52. The van der Waals surface area contributed by atoms with Crippen molar-refractivity contribution in [3.63, 3.8) is 0 Å². The third kappa shape index (κ3) is 3.34. The highest BCUT2D eigenvalue weighted by Crippen LogP contribution is 2.30. The molecule has 1 aromatic carbocycles. The minimum absolute atomic E-state index is 0.0457. The largest absolute Gasteiger partial charge is 0.376 e. The molecule has 20 heavy (non-hydrogen) atoms. The predicted octanol–water partition coefficient (Wildman–Crippen LogP) is 4.55. The Kier molecular flexibility index (Phi) is 4.72. The van der Waals surface area contributed by atoms with Crippen LogP contribution < -0.4 is 5.32 Å². The van der Waals surface area contributed by atoms with E-state index in [4.69, 9.17) is 0 Å². The number of aryl methyl sites for hydroxylation is 1. The van der Waals surface area contributed by atoms with E-state index in [9.17, 15) is 10.1 Å². The molecule has 0 aliphatic rings. The number of nitrogens with zero attached hydrogens (tertiary/aromatic N) is 2. The zero-order chi connectivity index (χ0) is 14.7. The van der Waals surface area contributed by atoms with Crippen LogP contribution in [0.2, 0.25) is 0 Å². The van der Waals surface area contributed by atoms with Crippen molar-refractivity contribution in [2.75, 3.05) is 5.32 Å². The molecular weight excluding hydrogens is 342 g/mol. The second-order valence-electron chi connectivity index (χ2n) is 4.31. The number of nitro benzene ring substituents is 1. The smallest absolute Gasteiger partial charge is 0.270 e. The maximum atomic E-state index is 10.7. The number of anilines is 1. The Morgan fingerprint density at radius 3 is 2.85 bits per heavy atom. The van der Waals surface area contributed by atoms with Crippen LogP contribution in [-0.4, -0.2) is 9.91 Å². The minimum Gasteiger partial charge on any atom is -0.376 e. The van der Waals surface area contributed by atoms with Crippen LogP contribution in [0.1, 0.15) is 30.6 Å². The Bertz CT molecular complexity index is 630. The number of hydrogen-bond donors (Lipinski definition) is 1. The van der Waals surface area contributed by atoms with E-state index in [1.165, 1.54) is 12.1 Å². The van der Waals surface area contributed by atoms with Crippen molar-refractivity contribution in [3.8, 4) is 0 Å². The first kappa shape index (κ1) is 14.9. The summed E-state index contributed by atoms with van der Waals surface area (Å²) in [7, 11) is 0. The monoisotopic (exact) mass is 355 g/mol. The van der Waals surface area contributed by atoms with Crippen LogP contribution in [0.25, 0.3) is 0 Å². The molecule has 0 amide bonds. The van der Waals surface area contributed by atoms with Gasteiger partial charge in [-0.1, -0.05) is 6.92 Å². The van der Waals surface area contributed by atoms with E-state index in [2.05, 4.69) is 33.2 Å². The number of nitrogens with one attached hydrogen (secondary N) is 1. The van der Waals surface area contributed by atoms with Gasteiger partial charge in [0, 0.05) is 27.7 Å². The fourth-order valence-electron chi connectivity index (χ4n) is 1.73. The van der Waals surface area contributed by atoms with Gasteiger partial charge in [-0.15, -0.1) is 11.3 Å². The summed E-state index contributed by atoms with van der Waals surface area (Å²) < 4.78 is 0.671. The van der Waals surface area contributed by atoms with Crippen molar-refractivity contribution in [3.05, 3.63) is 48.9 Å². The van der Waals surface area contributed by atoms with Crippen LogP contribution in [0.4, 0.5) is 11.4 Å². The summed E-state index contributed by atoms with van der Waals surface area (Å²) in [6, 6.07) is 4.72. The molecule has 1 atom stereocenters. The highest BCUT2D eigenvalue weighted by atomic mass is 79.9. The molecule has 1 N–H and O–H groups in total. The van der Waals surface area contributed by atoms with Crippen molar-refractivity contribution in [2.45, 2.75) is 26.3 Å². The van der Waals surface area contributed by atoms with Crippen LogP contribution in [0.15, 0.2) is 28.1 Å². The van der Waals surface area contributed by atoms with Crippen LogP contribution >= 0.6 is 27.3 Å². The Balaban J connectivity index is 2.15. The molecule has 0 radical (unpaired) electrons. The quantitative estimate of drug-likeness (QED) is 0.630. The normalized spacial score (nSPS) is 12.2. The molecule has 0 aliphatic heterocycles. The molecule has 0 bridgehead atoms. The van der Waals surface area contributed by atoms with Gasteiger partial charge in [-0.25, -0.2) is 4.98 Å². The lowest BCUT2D eigenvalue weighted by atomic mass is 10.2. The molecule has 1 heterocycles. The van der Waals surface area contributed by atoms with Gasteiger partial charge < -0.3 is 5.32 Å². The lowest BCUT2D eigenvalue weighted by Crippen LogP contribution is -2.07. The van der Waals surface area contributed by atoms with Gasteiger partial charge in [-0.3, -0.25) is 10.1 Å².